The fourth-order valence-electron chi connectivity index (χ4n) is 2.26. The van der Waals surface area contributed by atoms with Crippen LogP contribution in [0.4, 0.5) is 0 Å². The quantitative estimate of drug-likeness (QED) is 0.790. The molecule has 20 heavy (non-hydrogen) atoms. The molecular formula is C15H16N4O. The number of fused-ring (bicyclic) bond motifs is 1. The molecule has 0 unspecified atom stereocenters. The third kappa shape index (κ3) is 2.02. The van der Waals surface area contributed by atoms with Crippen molar-refractivity contribution in [3.63, 3.8) is 0 Å². The fourth-order valence-corrected chi connectivity index (χ4v) is 2.26. The van der Waals surface area contributed by atoms with Gasteiger partial charge in [-0.2, -0.15) is 5.10 Å². The Kier molecular flexibility index (Phi) is 3.12. The van der Waals surface area contributed by atoms with Crippen LogP contribution in [0.15, 0.2) is 36.4 Å². The van der Waals surface area contributed by atoms with E-state index in [0.29, 0.717) is 6.54 Å². The molecule has 0 bridgehead atoms. The lowest BCUT2D eigenvalue weighted by Crippen LogP contribution is -2.05. The highest BCUT2D eigenvalue weighted by Gasteiger charge is 2.10. The minimum absolute atomic E-state index is 0.418. The van der Waals surface area contributed by atoms with Crippen LogP contribution in [0.2, 0.25) is 0 Å². The molecule has 0 aliphatic heterocycles. The molecule has 0 saturated heterocycles. The monoisotopic (exact) mass is 268 g/mol. The van der Waals surface area contributed by atoms with Gasteiger partial charge >= 0.3 is 0 Å². The summed E-state index contributed by atoms with van der Waals surface area (Å²) >= 11 is 0. The van der Waals surface area contributed by atoms with E-state index in [-0.39, 0.29) is 0 Å². The maximum atomic E-state index is 5.77. The number of rotatable bonds is 3. The van der Waals surface area contributed by atoms with Gasteiger partial charge in [-0.1, -0.05) is 12.1 Å². The molecule has 2 N–H and O–H groups in total. The minimum Gasteiger partial charge on any atom is -0.497 e. The Hall–Kier alpha value is -2.40. The summed E-state index contributed by atoms with van der Waals surface area (Å²) < 4.78 is 7.06. The standard InChI is InChI=1S/C15H16N4O/c1-10-14(9-16)19-15(17-10)7-6-13(18-19)11-4-3-5-12(8-11)20-2/h3-8H,9,16H2,1-2H3. The first-order valence-corrected chi connectivity index (χ1v) is 6.42. The number of nitrogens with two attached hydrogens (primary N) is 1. The average Bonchev–Trinajstić information content (AvgIpc) is 2.81. The first kappa shape index (κ1) is 12.6. The van der Waals surface area contributed by atoms with Gasteiger partial charge in [0.1, 0.15) is 5.75 Å². The van der Waals surface area contributed by atoms with Crippen molar-refractivity contribution in [1.82, 2.24) is 14.6 Å². The third-order valence-corrected chi connectivity index (χ3v) is 3.33. The van der Waals surface area contributed by atoms with Crippen LogP contribution in [0.5, 0.6) is 5.75 Å². The van der Waals surface area contributed by atoms with Crippen LogP contribution < -0.4 is 10.5 Å². The lowest BCUT2D eigenvalue weighted by atomic mass is 10.1. The fraction of sp³-hybridized carbons (Fsp3) is 0.200. The summed E-state index contributed by atoms with van der Waals surface area (Å²) in [5, 5.41) is 4.63. The molecule has 0 atom stereocenters. The van der Waals surface area contributed by atoms with E-state index in [0.717, 1.165) is 34.0 Å². The third-order valence-electron chi connectivity index (χ3n) is 3.33. The summed E-state index contributed by atoms with van der Waals surface area (Å²) in [5.41, 5.74) is 10.3. The van der Waals surface area contributed by atoms with E-state index in [2.05, 4.69) is 10.1 Å². The second kappa shape index (κ2) is 4.94. The van der Waals surface area contributed by atoms with E-state index in [1.165, 1.54) is 0 Å². The second-order valence-electron chi connectivity index (χ2n) is 4.57. The van der Waals surface area contributed by atoms with E-state index >= 15 is 0 Å². The van der Waals surface area contributed by atoms with Gasteiger partial charge in [0.05, 0.1) is 24.2 Å². The normalized spacial score (nSPS) is 10.9. The van der Waals surface area contributed by atoms with Crippen molar-refractivity contribution in [1.29, 1.82) is 0 Å². The van der Waals surface area contributed by atoms with Gasteiger partial charge in [-0.15, -0.1) is 0 Å². The number of benzene rings is 1. The molecule has 3 aromatic rings. The van der Waals surface area contributed by atoms with E-state index in [9.17, 15) is 0 Å². The van der Waals surface area contributed by atoms with Crippen LogP contribution in [0.25, 0.3) is 16.9 Å². The van der Waals surface area contributed by atoms with Crippen molar-refractivity contribution in [3.8, 4) is 17.0 Å². The molecule has 0 radical (unpaired) electrons. The number of aryl methyl sites for hydroxylation is 1. The average molecular weight is 268 g/mol. The van der Waals surface area contributed by atoms with Gasteiger partial charge in [-0.3, -0.25) is 0 Å². The Balaban J connectivity index is 2.16. The molecule has 0 fully saturated rings. The molecule has 102 valence electrons. The molecule has 0 saturated carbocycles. The maximum absolute atomic E-state index is 5.77. The first-order valence-electron chi connectivity index (χ1n) is 6.42. The van der Waals surface area contributed by atoms with Crippen molar-refractivity contribution in [3.05, 3.63) is 47.8 Å². The minimum atomic E-state index is 0.418. The molecule has 0 amide bonds. The van der Waals surface area contributed by atoms with Crippen molar-refractivity contribution in [2.75, 3.05) is 7.11 Å². The van der Waals surface area contributed by atoms with Gasteiger partial charge in [0.15, 0.2) is 5.65 Å². The summed E-state index contributed by atoms with van der Waals surface area (Å²) in [7, 11) is 1.65. The Labute approximate surface area is 117 Å². The zero-order valence-corrected chi connectivity index (χ0v) is 11.5. The summed E-state index contributed by atoms with van der Waals surface area (Å²) in [5.74, 6) is 0.810. The van der Waals surface area contributed by atoms with Crippen LogP contribution in [0.1, 0.15) is 11.4 Å². The zero-order valence-electron chi connectivity index (χ0n) is 11.5. The highest BCUT2D eigenvalue weighted by atomic mass is 16.5. The van der Waals surface area contributed by atoms with Crippen LogP contribution in [0.3, 0.4) is 0 Å². The van der Waals surface area contributed by atoms with Gasteiger partial charge in [-0.05, 0) is 31.2 Å². The topological polar surface area (TPSA) is 65.4 Å². The first-order chi connectivity index (χ1) is 9.72. The summed E-state index contributed by atoms with van der Waals surface area (Å²) in [6.45, 7) is 2.36. The summed E-state index contributed by atoms with van der Waals surface area (Å²) in [4.78, 5) is 4.45. The molecule has 1 aromatic carbocycles. The molecular weight excluding hydrogens is 252 g/mol. The van der Waals surface area contributed by atoms with Crippen LogP contribution in [-0.2, 0) is 6.54 Å². The number of hydrogen-bond donors (Lipinski definition) is 1. The molecule has 2 aromatic heterocycles. The van der Waals surface area contributed by atoms with Gasteiger partial charge < -0.3 is 10.5 Å². The van der Waals surface area contributed by atoms with Crippen molar-refractivity contribution < 1.29 is 4.74 Å². The van der Waals surface area contributed by atoms with Crippen LogP contribution in [-0.4, -0.2) is 21.7 Å². The van der Waals surface area contributed by atoms with E-state index in [1.54, 1.807) is 7.11 Å². The number of ether oxygens (including phenoxy) is 1. The number of aromatic nitrogens is 3. The maximum Gasteiger partial charge on any atom is 0.154 e. The van der Waals surface area contributed by atoms with E-state index < -0.39 is 0 Å². The summed E-state index contributed by atoms with van der Waals surface area (Å²) in [6, 6.07) is 11.7. The Morgan fingerprint density at radius 1 is 1.25 bits per heavy atom. The lowest BCUT2D eigenvalue weighted by molar-refractivity contribution is 0.415. The van der Waals surface area contributed by atoms with Crippen molar-refractivity contribution in [2.45, 2.75) is 13.5 Å². The lowest BCUT2D eigenvalue weighted by Gasteiger charge is -2.05. The van der Waals surface area contributed by atoms with Gasteiger partial charge in [-0.25, -0.2) is 9.50 Å². The van der Waals surface area contributed by atoms with Gasteiger partial charge in [0, 0.05) is 12.1 Å². The van der Waals surface area contributed by atoms with E-state index in [4.69, 9.17) is 10.5 Å². The van der Waals surface area contributed by atoms with Crippen LogP contribution in [0, 0.1) is 6.92 Å². The zero-order chi connectivity index (χ0) is 14.1. The molecule has 2 heterocycles. The highest BCUT2D eigenvalue weighted by molar-refractivity contribution is 5.62. The molecule has 5 nitrogen and oxygen atoms in total. The second-order valence-corrected chi connectivity index (χ2v) is 4.57. The van der Waals surface area contributed by atoms with E-state index in [1.807, 2.05) is 47.8 Å². The van der Waals surface area contributed by atoms with Crippen molar-refractivity contribution >= 4 is 5.65 Å². The molecule has 0 spiro atoms. The van der Waals surface area contributed by atoms with Gasteiger partial charge in [0.2, 0.25) is 0 Å². The molecule has 0 aliphatic carbocycles. The smallest absolute Gasteiger partial charge is 0.154 e. The Morgan fingerprint density at radius 3 is 2.85 bits per heavy atom. The number of imidazole rings is 1. The van der Waals surface area contributed by atoms with Crippen molar-refractivity contribution in [2.24, 2.45) is 5.73 Å². The number of nitrogens with zero attached hydrogens (tertiary/aromatic N) is 3. The molecule has 0 aliphatic rings. The Bertz CT molecular complexity index is 764. The Morgan fingerprint density at radius 2 is 2.10 bits per heavy atom. The number of hydrogen-bond acceptors (Lipinski definition) is 4. The largest absolute Gasteiger partial charge is 0.497 e. The predicted molar refractivity (Wildman–Crippen MR) is 77.6 cm³/mol. The van der Waals surface area contributed by atoms with Gasteiger partial charge in [0.25, 0.3) is 0 Å². The highest BCUT2D eigenvalue weighted by Crippen LogP contribution is 2.23. The number of methoxy groups -OCH3 is 1. The summed E-state index contributed by atoms with van der Waals surface area (Å²) in [6.07, 6.45) is 0. The van der Waals surface area contributed by atoms with Crippen LogP contribution >= 0.6 is 0 Å². The molecule has 3 rings (SSSR count). The predicted octanol–water partition coefficient (Wildman–Crippen LogP) is 2.17. The molecule has 5 heteroatoms. The SMILES string of the molecule is COc1cccc(-c2ccc3nc(C)c(CN)n3n2)c1.